The van der Waals surface area contributed by atoms with Crippen molar-refractivity contribution in [3.8, 4) is 0 Å². The van der Waals surface area contributed by atoms with Crippen molar-refractivity contribution in [1.82, 2.24) is 4.98 Å². The Morgan fingerprint density at radius 1 is 1.38 bits per heavy atom. The van der Waals surface area contributed by atoms with E-state index < -0.39 is 0 Å². The predicted molar refractivity (Wildman–Crippen MR) is 64.9 cm³/mol. The number of carbonyl (C=O) groups excluding carboxylic acids is 1. The third-order valence-corrected chi connectivity index (χ3v) is 3.39. The third-order valence-electron chi connectivity index (χ3n) is 3.39. The maximum absolute atomic E-state index is 11.1. The first-order valence-corrected chi connectivity index (χ1v) is 5.88. The highest BCUT2D eigenvalue weighted by atomic mass is 16.1. The van der Waals surface area contributed by atoms with Crippen molar-refractivity contribution in [1.29, 1.82) is 0 Å². The van der Waals surface area contributed by atoms with Crippen LogP contribution >= 0.6 is 0 Å². The second-order valence-corrected chi connectivity index (χ2v) is 4.51. The highest BCUT2D eigenvalue weighted by Crippen LogP contribution is 2.25. The largest absolute Gasteiger partial charge is 0.357 e. The van der Waals surface area contributed by atoms with Gasteiger partial charge < -0.3 is 4.90 Å². The van der Waals surface area contributed by atoms with E-state index in [2.05, 4.69) is 16.9 Å². The molecule has 1 aliphatic carbocycles. The standard InChI is InChI=1S/C13H18N2O/c1-10(16)11-7-8-13(14-9-11)15(2)12-5-3-4-6-12/h7-9,12H,3-6H2,1-2H3. The average Bonchev–Trinajstić information content (AvgIpc) is 2.81. The van der Waals surface area contributed by atoms with Crippen LogP contribution in [0.15, 0.2) is 18.3 Å². The Morgan fingerprint density at radius 3 is 2.56 bits per heavy atom. The molecule has 3 heteroatoms. The van der Waals surface area contributed by atoms with Gasteiger partial charge in [0.25, 0.3) is 0 Å². The Morgan fingerprint density at radius 2 is 2.06 bits per heavy atom. The first-order valence-electron chi connectivity index (χ1n) is 5.88. The lowest BCUT2D eigenvalue weighted by Crippen LogP contribution is -2.29. The summed E-state index contributed by atoms with van der Waals surface area (Å²) in [5, 5.41) is 0. The first-order chi connectivity index (χ1) is 7.68. The number of Topliss-reactive ketones (excluding diaryl/α,β-unsaturated/α-hetero) is 1. The fourth-order valence-electron chi connectivity index (χ4n) is 2.28. The predicted octanol–water partition coefficient (Wildman–Crippen LogP) is 2.66. The van der Waals surface area contributed by atoms with Crippen LogP contribution in [0.4, 0.5) is 5.82 Å². The van der Waals surface area contributed by atoms with E-state index in [0.29, 0.717) is 11.6 Å². The summed E-state index contributed by atoms with van der Waals surface area (Å²) in [6.45, 7) is 1.57. The van der Waals surface area contributed by atoms with E-state index in [9.17, 15) is 4.79 Å². The number of hydrogen-bond acceptors (Lipinski definition) is 3. The normalized spacial score (nSPS) is 16.4. The van der Waals surface area contributed by atoms with Crippen molar-refractivity contribution in [3.63, 3.8) is 0 Å². The molecule has 0 N–H and O–H groups in total. The molecule has 0 amide bonds. The molecule has 0 aromatic carbocycles. The molecule has 0 bridgehead atoms. The summed E-state index contributed by atoms with van der Waals surface area (Å²) in [6.07, 6.45) is 6.82. The van der Waals surface area contributed by atoms with Crippen LogP contribution in [0.5, 0.6) is 0 Å². The zero-order chi connectivity index (χ0) is 11.5. The van der Waals surface area contributed by atoms with Crippen molar-refractivity contribution in [2.24, 2.45) is 0 Å². The number of carbonyl (C=O) groups is 1. The van der Waals surface area contributed by atoms with Crippen LogP contribution in [0.3, 0.4) is 0 Å². The Kier molecular flexibility index (Phi) is 3.22. The van der Waals surface area contributed by atoms with Gasteiger partial charge in [-0.3, -0.25) is 4.79 Å². The van der Waals surface area contributed by atoms with Gasteiger partial charge >= 0.3 is 0 Å². The molecule has 1 fully saturated rings. The summed E-state index contributed by atoms with van der Waals surface area (Å²) in [6, 6.07) is 4.42. The molecule has 1 aromatic rings. The van der Waals surface area contributed by atoms with Crippen molar-refractivity contribution < 1.29 is 4.79 Å². The fourth-order valence-corrected chi connectivity index (χ4v) is 2.28. The van der Waals surface area contributed by atoms with Gasteiger partial charge in [-0.15, -0.1) is 0 Å². The zero-order valence-electron chi connectivity index (χ0n) is 9.94. The Hall–Kier alpha value is -1.38. The summed E-state index contributed by atoms with van der Waals surface area (Å²) < 4.78 is 0. The molecular formula is C13H18N2O. The lowest BCUT2D eigenvalue weighted by atomic mass is 10.2. The molecule has 0 radical (unpaired) electrons. The monoisotopic (exact) mass is 218 g/mol. The molecule has 3 nitrogen and oxygen atoms in total. The second kappa shape index (κ2) is 4.64. The van der Waals surface area contributed by atoms with Gasteiger partial charge in [0.1, 0.15) is 5.82 Å². The number of pyridine rings is 1. The smallest absolute Gasteiger partial charge is 0.161 e. The topological polar surface area (TPSA) is 33.2 Å². The number of anilines is 1. The van der Waals surface area contributed by atoms with E-state index in [1.807, 2.05) is 12.1 Å². The van der Waals surface area contributed by atoms with Crippen LogP contribution in [0.1, 0.15) is 43.0 Å². The van der Waals surface area contributed by atoms with Crippen molar-refractivity contribution in [2.45, 2.75) is 38.6 Å². The van der Waals surface area contributed by atoms with E-state index in [1.54, 1.807) is 13.1 Å². The quantitative estimate of drug-likeness (QED) is 0.731. The van der Waals surface area contributed by atoms with Gasteiger partial charge in [0.05, 0.1) is 0 Å². The van der Waals surface area contributed by atoms with Gasteiger partial charge in [-0.1, -0.05) is 12.8 Å². The van der Waals surface area contributed by atoms with Crippen LogP contribution in [-0.4, -0.2) is 23.9 Å². The van der Waals surface area contributed by atoms with E-state index in [0.717, 1.165) is 5.82 Å². The number of hydrogen-bond donors (Lipinski definition) is 0. The molecule has 1 heterocycles. The van der Waals surface area contributed by atoms with E-state index >= 15 is 0 Å². The fraction of sp³-hybridized carbons (Fsp3) is 0.538. The Balaban J connectivity index is 2.11. The highest BCUT2D eigenvalue weighted by molar-refractivity contribution is 5.93. The van der Waals surface area contributed by atoms with Crippen LogP contribution in [0.2, 0.25) is 0 Å². The molecule has 86 valence electrons. The molecule has 1 aromatic heterocycles. The van der Waals surface area contributed by atoms with E-state index in [1.165, 1.54) is 25.7 Å². The summed E-state index contributed by atoms with van der Waals surface area (Å²) >= 11 is 0. The summed E-state index contributed by atoms with van der Waals surface area (Å²) in [5.41, 5.74) is 0.684. The van der Waals surface area contributed by atoms with Crippen LogP contribution in [0.25, 0.3) is 0 Å². The van der Waals surface area contributed by atoms with Crippen molar-refractivity contribution >= 4 is 11.6 Å². The molecule has 0 unspecified atom stereocenters. The van der Waals surface area contributed by atoms with Gasteiger partial charge in [-0.05, 0) is 31.9 Å². The Bertz CT molecular complexity index is 366. The number of aromatic nitrogens is 1. The number of ketones is 1. The SMILES string of the molecule is CC(=O)c1ccc(N(C)C2CCCC2)nc1. The minimum atomic E-state index is 0.0718. The second-order valence-electron chi connectivity index (χ2n) is 4.51. The van der Waals surface area contributed by atoms with Gasteiger partial charge in [-0.2, -0.15) is 0 Å². The van der Waals surface area contributed by atoms with Gasteiger partial charge in [-0.25, -0.2) is 4.98 Å². The van der Waals surface area contributed by atoms with Gasteiger partial charge in [0, 0.05) is 24.8 Å². The molecule has 0 aliphatic heterocycles. The van der Waals surface area contributed by atoms with Crippen LogP contribution in [-0.2, 0) is 0 Å². The maximum Gasteiger partial charge on any atom is 0.161 e. The molecular weight excluding hydrogens is 200 g/mol. The number of nitrogens with zero attached hydrogens (tertiary/aromatic N) is 2. The lowest BCUT2D eigenvalue weighted by Gasteiger charge is -2.25. The van der Waals surface area contributed by atoms with Gasteiger partial charge in [0.2, 0.25) is 0 Å². The average molecular weight is 218 g/mol. The number of rotatable bonds is 3. The highest BCUT2D eigenvalue weighted by Gasteiger charge is 2.20. The molecule has 0 atom stereocenters. The van der Waals surface area contributed by atoms with Crippen molar-refractivity contribution in [3.05, 3.63) is 23.9 Å². The lowest BCUT2D eigenvalue weighted by molar-refractivity contribution is 0.101. The molecule has 2 rings (SSSR count). The first kappa shape index (κ1) is 11.1. The molecule has 16 heavy (non-hydrogen) atoms. The summed E-state index contributed by atoms with van der Waals surface area (Å²) in [4.78, 5) is 17.7. The van der Waals surface area contributed by atoms with Crippen molar-refractivity contribution in [2.75, 3.05) is 11.9 Å². The molecule has 1 aliphatic rings. The molecule has 0 saturated heterocycles. The zero-order valence-corrected chi connectivity index (χ0v) is 9.94. The maximum atomic E-state index is 11.1. The molecule has 0 spiro atoms. The Labute approximate surface area is 96.5 Å². The minimum absolute atomic E-state index is 0.0718. The summed E-state index contributed by atoms with van der Waals surface area (Å²) in [5.74, 6) is 1.04. The van der Waals surface area contributed by atoms with E-state index in [4.69, 9.17) is 0 Å². The summed E-state index contributed by atoms with van der Waals surface area (Å²) in [7, 11) is 2.09. The molecule has 1 saturated carbocycles. The van der Waals surface area contributed by atoms with E-state index in [-0.39, 0.29) is 5.78 Å². The minimum Gasteiger partial charge on any atom is -0.357 e. The van der Waals surface area contributed by atoms with Crippen LogP contribution in [0, 0.1) is 0 Å². The third kappa shape index (κ3) is 2.23. The van der Waals surface area contributed by atoms with Crippen LogP contribution < -0.4 is 4.90 Å². The van der Waals surface area contributed by atoms with Gasteiger partial charge in [0.15, 0.2) is 5.78 Å².